The lowest BCUT2D eigenvalue weighted by Crippen LogP contribution is -2.61. The number of Topliss-reactive ketones (excluding diaryl/α,β-unsaturated/α-hetero) is 3. The highest BCUT2D eigenvalue weighted by Crippen LogP contribution is 2.21. The first kappa shape index (κ1) is 38.4. The molecule has 0 aromatic heterocycles. The van der Waals surface area contributed by atoms with E-state index in [1.807, 2.05) is 0 Å². The van der Waals surface area contributed by atoms with E-state index in [9.17, 15) is 14.4 Å². The molecular weight excluding hydrogens is 476 g/mol. The van der Waals surface area contributed by atoms with Gasteiger partial charge in [0.05, 0.1) is 0 Å². The molecule has 0 fully saturated rings. The highest BCUT2D eigenvalue weighted by atomic mass is 16.2. The second-order valence-electron chi connectivity index (χ2n) is 10.8. The zero-order chi connectivity index (χ0) is 28.9. The summed E-state index contributed by atoms with van der Waals surface area (Å²) in [7, 11) is 0. The van der Waals surface area contributed by atoms with Crippen LogP contribution in [0.15, 0.2) is 0 Å². The molecule has 0 aliphatic carbocycles. The third-order valence-corrected chi connectivity index (χ3v) is 7.34. The minimum absolute atomic E-state index is 0.246. The van der Waals surface area contributed by atoms with E-state index in [0.717, 1.165) is 64.0 Å². The zero-order valence-corrected chi connectivity index (χ0v) is 25.2. The molecule has 6 nitrogen and oxygen atoms in total. The second-order valence-corrected chi connectivity index (χ2v) is 10.8. The number of aliphatic hydroxyl groups is 1. The fraction of sp³-hybridized carbons (Fsp3) is 0.875. The molecule has 0 heterocycles. The number of aliphatic hydroxyl groups excluding tert-OH is 1. The van der Waals surface area contributed by atoms with Crippen molar-refractivity contribution in [3.05, 3.63) is 0 Å². The standard InChI is InChI=1S/C31H59NO3.CHNO/c1-4-7-10-13-16-19-22-25-28(33)31(32,29(34)26-23-20-17-14-11-8-5-2)30(35)27-24-21-18-15-12-9-6-3;2-1-3/h4-27,32H2,1-3H3;3H. The predicted molar refractivity (Wildman–Crippen MR) is 157 cm³/mol. The molecular formula is C32H60N2O4. The van der Waals surface area contributed by atoms with Gasteiger partial charge in [0.15, 0.2) is 22.9 Å². The van der Waals surface area contributed by atoms with E-state index in [1.165, 1.54) is 77.0 Å². The molecule has 0 saturated carbocycles. The Balaban J connectivity index is 0. The van der Waals surface area contributed by atoms with Gasteiger partial charge in [-0.25, -0.2) is 0 Å². The van der Waals surface area contributed by atoms with Gasteiger partial charge in [-0.3, -0.25) is 14.4 Å². The maximum absolute atomic E-state index is 13.1. The highest BCUT2D eigenvalue weighted by Gasteiger charge is 2.46. The molecule has 222 valence electrons. The minimum atomic E-state index is -1.91. The summed E-state index contributed by atoms with van der Waals surface area (Å²) >= 11 is 0. The number of nitrogens with two attached hydrogens (primary N) is 1. The second kappa shape index (κ2) is 28.3. The van der Waals surface area contributed by atoms with Gasteiger partial charge in [0.25, 0.3) is 6.26 Å². The summed E-state index contributed by atoms with van der Waals surface area (Å²) in [5, 5.41) is 13.8. The van der Waals surface area contributed by atoms with Crippen LogP contribution in [0.5, 0.6) is 0 Å². The number of rotatable bonds is 27. The van der Waals surface area contributed by atoms with E-state index >= 15 is 0 Å². The number of unbranched alkanes of at least 4 members (excludes halogenated alkanes) is 18. The van der Waals surface area contributed by atoms with Crippen LogP contribution in [0.4, 0.5) is 0 Å². The average Bonchev–Trinajstić information content (AvgIpc) is 2.91. The normalized spacial score (nSPS) is 10.9. The topological polar surface area (TPSA) is 121 Å². The third kappa shape index (κ3) is 20.3. The van der Waals surface area contributed by atoms with Crippen LogP contribution in [0.25, 0.3) is 0 Å². The Morgan fingerprint density at radius 2 is 0.711 bits per heavy atom. The maximum Gasteiger partial charge on any atom is 0.283 e. The van der Waals surface area contributed by atoms with Gasteiger partial charge in [0.2, 0.25) is 0 Å². The number of ketones is 3. The SMILES string of the molecule is CCCCCCCCCC(=O)C(N)(C(=O)CCCCCCCCC)C(=O)CCCCCCCCC.N#CO. The van der Waals surface area contributed by atoms with Gasteiger partial charge in [0.1, 0.15) is 0 Å². The fourth-order valence-corrected chi connectivity index (χ4v) is 4.79. The summed E-state index contributed by atoms with van der Waals surface area (Å²) in [6.45, 7) is 6.60. The molecule has 0 aromatic carbocycles. The van der Waals surface area contributed by atoms with Crippen molar-refractivity contribution >= 4 is 17.3 Å². The van der Waals surface area contributed by atoms with E-state index in [4.69, 9.17) is 16.1 Å². The van der Waals surface area contributed by atoms with Crippen LogP contribution in [0.3, 0.4) is 0 Å². The van der Waals surface area contributed by atoms with Crippen LogP contribution in [0, 0.1) is 11.5 Å². The Hall–Kier alpha value is -1.74. The van der Waals surface area contributed by atoms with Crippen molar-refractivity contribution in [2.45, 2.75) is 180 Å². The van der Waals surface area contributed by atoms with Crippen molar-refractivity contribution in [1.29, 1.82) is 5.26 Å². The van der Waals surface area contributed by atoms with Crippen molar-refractivity contribution in [3.63, 3.8) is 0 Å². The molecule has 6 heteroatoms. The van der Waals surface area contributed by atoms with Gasteiger partial charge in [-0.2, -0.15) is 5.26 Å². The van der Waals surface area contributed by atoms with Crippen molar-refractivity contribution in [1.82, 2.24) is 0 Å². The lowest BCUT2D eigenvalue weighted by atomic mass is 9.79. The summed E-state index contributed by atoms with van der Waals surface area (Å²) in [6, 6.07) is 0. The summed E-state index contributed by atoms with van der Waals surface area (Å²) in [5.41, 5.74) is 4.51. The molecule has 0 rings (SSSR count). The fourth-order valence-electron chi connectivity index (χ4n) is 4.79. The largest absolute Gasteiger partial charge is 0.443 e. The molecule has 0 spiro atoms. The molecule has 0 aliphatic rings. The zero-order valence-electron chi connectivity index (χ0n) is 25.2. The van der Waals surface area contributed by atoms with Gasteiger partial charge in [0, 0.05) is 19.3 Å². The summed E-state index contributed by atoms with van der Waals surface area (Å²) < 4.78 is 0. The third-order valence-electron chi connectivity index (χ3n) is 7.34. The number of carbonyl (C=O) groups excluding carboxylic acids is 3. The number of hydrogen-bond donors (Lipinski definition) is 2. The van der Waals surface area contributed by atoms with Gasteiger partial charge in [-0.05, 0) is 19.3 Å². The lowest BCUT2D eigenvalue weighted by Gasteiger charge is -2.25. The van der Waals surface area contributed by atoms with Crippen LogP contribution < -0.4 is 5.73 Å². The summed E-state index contributed by atoms with van der Waals surface area (Å²) in [6.07, 6.45) is 24.5. The Kier molecular flexibility index (Phi) is 28.6. The van der Waals surface area contributed by atoms with Crippen molar-refractivity contribution < 1.29 is 19.5 Å². The summed E-state index contributed by atoms with van der Waals surface area (Å²) in [4.78, 5) is 39.4. The first-order valence-corrected chi connectivity index (χ1v) is 15.8. The molecule has 0 atom stereocenters. The number of hydrogen-bond acceptors (Lipinski definition) is 6. The van der Waals surface area contributed by atoms with Gasteiger partial charge < -0.3 is 10.8 Å². The molecule has 0 amide bonds. The molecule has 3 N–H and O–H groups in total. The van der Waals surface area contributed by atoms with Crippen molar-refractivity contribution in [2.75, 3.05) is 0 Å². The molecule has 0 aromatic rings. The van der Waals surface area contributed by atoms with E-state index in [-0.39, 0.29) is 36.6 Å². The summed E-state index contributed by atoms with van der Waals surface area (Å²) in [5.74, 6) is -1.02. The van der Waals surface area contributed by atoms with Crippen LogP contribution in [-0.2, 0) is 14.4 Å². The average molecular weight is 537 g/mol. The van der Waals surface area contributed by atoms with Gasteiger partial charge >= 0.3 is 0 Å². The molecule has 0 aliphatic heterocycles. The van der Waals surface area contributed by atoms with E-state index in [2.05, 4.69) is 20.8 Å². The maximum atomic E-state index is 13.1. The first-order chi connectivity index (χ1) is 18.4. The van der Waals surface area contributed by atoms with Crippen LogP contribution in [0.1, 0.15) is 175 Å². The van der Waals surface area contributed by atoms with Crippen LogP contribution >= 0.6 is 0 Å². The first-order valence-electron chi connectivity index (χ1n) is 15.8. The predicted octanol–water partition coefficient (Wildman–Crippen LogP) is 8.65. The molecule has 0 radical (unpaired) electrons. The van der Waals surface area contributed by atoms with Crippen LogP contribution in [-0.4, -0.2) is 28.0 Å². The van der Waals surface area contributed by atoms with Gasteiger partial charge in [-0.1, -0.05) is 136 Å². The monoisotopic (exact) mass is 536 g/mol. The van der Waals surface area contributed by atoms with Crippen LogP contribution in [0.2, 0.25) is 0 Å². The highest BCUT2D eigenvalue weighted by molar-refractivity contribution is 6.29. The quantitative estimate of drug-likeness (QED) is 0.0615. The molecule has 0 unspecified atom stereocenters. The Morgan fingerprint density at radius 1 is 0.526 bits per heavy atom. The van der Waals surface area contributed by atoms with E-state index in [1.54, 1.807) is 0 Å². The Morgan fingerprint density at radius 3 is 0.921 bits per heavy atom. The minimum Gasteiger partial charge on any atom is -0.443 e. The molecule has 0 saturated heterocycles. The smallest absolute Gasteiger partial charge is 0.283 e. The Labute approximate surface area is 234 Å². The molecule has 38 heavy (non-hydrogen) atoms. The van der Waals surface area contributed by atoms with Crippen molar-refractivity contribution in [2.24, 2.45) is 5.73 Å². The Bertz CT molecular complexity index is 553. The van der Waals surface area contributed by atoms with Gasteiger partial charge in [-0.15, -0.1) is 0 Å². The molecule has 0 bridgehead atoms. The van der Waals surface area contributed by atoms with Crippen molar-refractivity contribution in [3.8, 4) is 6.26 Å². The number of carbonyl (C=O) groups is 3. The van der Waals surface area contributed by atoms with E-state index in [0.29, 0.717) is 0 Å². The van der Waals surface area contributed by atoms with E-state index < -0.39 is 5.54 Å². The lowest BCUT2D eigenvalue weighted by molar-refractivity contribution is -0.142. The number of nitriles is 1. The number of nitrogens with zero attached hydrogens (tertiary/aromatic N) is 1.